The van der Waals surface area contributed by atoms with E-state index >= 15 is 0 Å². The fourth-order valence-corrected chi connectivity index (χ4v) is 7.52. The fraction of sp³-hybridized carbons (Fsp3) is 0.200. The summed E-state index contributed by atoms with van der Waals surface area (Å²) in [6.07, 6.45) is 0.0818. The predicted octanol–water partition coefficient (Wildman–Crippen LogP) is 5.04. The lowest BCUT2D eigenvalue weighted by atomic mass is 9.55. The van der Waals surface area contributed by atoms with Gasteiger partial charge in [0.25, 0.3) is 0 Å². The van der Waals surface area contributed by atoms with Crippen molar-refractivity contribution in [3.63, 3.8) is 0 Å². The minimum Gasteiger partial charge on any atom is -0.426 e. The van der Waals surface area contributed by atoms with Crippen LogP contribution in [0.5, 0.6) is 5.75 Å². The number of hydrogen-bond donors (Lipinski definition) is 0. The van der Waals surface area contributed by atoms with Crippen molar-refractivity contribution in [2.24, 2.45) is 17.8 Å². The molecule has 3 atom stereocenters. The van der Waals surface area contributed by atoms with E-state index in [-0.39, 0.29) is 42.5 Å². The molecule has 0 saturated carbocycles. The van der Waals surface area contributed by atoms with Gasteiger partial charge in [-0.1, -0.05) is 66.7 Å². The summed E-state index contributed by atoms with van der Waals surface area (Å²) in [5, 5.41) is 0. The third kappa shape index (κ3) is 3.52. The van der Waals surface area contributed by atoms with Gasteiger partial charge in [0.15, 0.2) is 0 Å². The minimum absolute atomic E-state index is 0.0818. The van der Waals surface area contributed by atoms with E-state index in [1.807, 2.05) is 54.6 Å². The molecule has 0 N–H and O–H groups in total. The molecule has 2 aliphatic heterocycles. The monoisotopic (exact) mass is 554 g/mol. The highest BCUT2D eigenvalue weighted by atomic mass is 16.5. The smallest absolute Gasteiger partial charge is 0.316 e. The molecule has 4 aromatic rings. The molecule has 0 unspecified atom stereocenters. The second-order valence-corrected chi connectivity index (χ2v) is 11.4. The number of nitrogens with zero attached hydrogens (tertiary/aromatic N) is 2. The Balaban J connectivity index is 1.03. The Hall–Kier alpha value is -5.04. The molecule has 2 bridgehead atoms. The van der Waals surface area contributed by atoms with Crippen molar-refractivity contribution >= 4 is 35.1 Å². The molecule has 2 heterocycles. The average molecular weight is 555 g/mol. The summed E-state index contributed by atoms with van der Waals surface area (Å²) in [6.45, 7) is 0.256. The molecule has 3 aliphatic carbocycles. The normalized spacial score (nSPS) is 25.3. The van der Waals surface area contributed by atoms with E-state index < -0.39 is 23.7 Å². The number of rotatable bonds is 4. The first kappa shape index (κ1) is 24.7. The van der Waals surface area contributed by atoms with Crippen molar-refractivity contribution in [2.45, 2.75) is 18.3 Å². The number of anilines is 2. The van der Waals surface area contributed by atoms with Crippen LogP contribution in [0.4, 0.5) is 11.4 Å². The molecule has 7 nitrogen and oxygen atoms in total. The van der Waals surface area contributed by atoms with E-state index in [0.717, 1.165) is 27.9 Å². The first-order valence-corrected chi connectivity index (χ1v) is 14.2. The van der Waals surface area contributed by atoms with Gasteiger partial charge < -0.3 is 9.64 Å². The summed E-state index contributed by atoms with van der Waals surface area (Å²) in [4.78, 5) is 56.3. The van der Waals surface area contributed by atoms with Crippen LogP contribution in [0, 0.1) is 17.8 Å². The van der Waals surface area contributed by atoms with Gasteiger partial charge in [0, 0.05) is 30.5 Å². The summed E-state index contributed by atoms with van der Waals surface area (Å²) in [5.41, 5.74) is 5.72. The van der Waals surface area contributed by atoms with Crippen molar-refractivity contribution in [1.82, 2.24) is 0 Å². The van der Waals surface area contributed by atoms with Crippen LogP contribution in [-0.2, 0) is 19.2 Å². The molecule has 206 valence electrons. The number of para-hydroxylation sites is 1. The number of ether oxygens (including phenoxy) is 1. The molecule has 3 amide bonds. The van der Waals surface area contributed by atoms with Gasteiger partial charge in [-0.15, -0.1) is 0 Å². The lowest BCUT2D eigenvalue weighted by molar-refractivity contribution is -0.139. The molecule has 7 heteroatoms. The van der Waals surface area contributed by atoms with Crippen LogP contribution >= 0.6 is 0 Å². The van der Waals surface area contributed by atoms with E-state index in [0.29, 0.717) is 11.4 Å². The predicted molar refractivity (Wildman–Crippen MR) is 155 cm³/mol. The van der Waals surface area contributed by atoms with Crippen molar-refractivity contribution in [1.29, 1.82) is 0 Å². The van der Waals surface area contributed by atoms with Gasteiger partial charge in [-0.3, -0.25) is 19.2 Å². The molecule has 0 spiro atoms. The second-order valence-electron chi connectivity index (χ2n) is 11.4. The number of hydrogen-bond acceptors (Lipinski definition) is 5. The largest absolute Gasteiger partial charge is 0.426 e. The Morgan fingerprint density at radius 2 is 1.12 bits per heavy atom. The molecule has 4 aromatic carbocycles. The van der Waals surface area contributed by atoms with Gasteiger partial charge >= 0.3 is 5.97 Å². The van der Waals surface area contributed by atoms with Gasteiger partial charge in [0.05, 0.1) is 23.4 Å². The maximum atomic E-state index is 14.0. The van der Waals surface area contributed by atoms with Crippen LogP contribution in [0.15, 0.2) is 103 Å². The zero-order valence-corrected chi connectivity index (χ0v) is 22.6. The molecule has 42 heavy (non-hydrogen) atoms. The Kier molecular flexibility index (Phi) is 5.44. The molecule has 2 saturated heterocycles. The van der Waals surface area contributed by atoms with Crippen LogP contribution < -0.4 is 14.5 Å². The van der Waals surface area contributed by atoms with E-state index in [1.54, 1.807) is 29.2 Å². The van der Waals surface area contributed by atoms with Gasteiger partial charge in [-0.05, 0) is 58.7 Å². The number of esters is 1. The summed E-state index contributed by atoms with van der Waals surface area (Å²) >= 11 is 0. The molecule has 0 radical (unpaired) electrons. The fourth-order valence-electron chi connectivity index (χ4n) is 7.52. The van der Waals surface area contributed by atoms with Crippen LogP contribution in [0.25, 0.3) is 0 Å². The van der Waals surface area contributed by atoms with Crippen LogP contribution in [0.1, 0.15) is 40.5 Å². The number of carbonyl (C=O) groups is 4. The highest BCUT2D eigenvalue weighted by Crippen LogP contribution is 2.61. The number of imide groups is 1. The summed E-state index contributed by atoms with van der Waals surface area (Å²) in [7, 11) is 0. The molecule has 2 fully saturated rings. The SMILES string of the molecule is O=C(Oc1ccc(N2C(=O)[C@@H]3C4c5ccccc5C(c5ccccc54)[C@H]3C2=O)cc1)[C@H]1CC(=O)N(c2ccccc2)C1. The van der Waals surface area contributed by atoms with Crippen molar-refractivity contribution < 1.29 is 23.9 Å². The van der Waals surface area contributed by atoms with Crippen molar-refractivity contribution in [2.75, 3.05) is 16.3 Å². The summed E-state index contributed by atoms with van der Waals surface area (Å²) in [6, 6.07) is 32.1. The topological polar surface area (TPSA) is 84.0 Å². The van der Waals surface area contributed by atoms with Gasteiger partial charge in [0.1, 0.15) is 5.75 Å². The average Bonchev–Trinajstić information content (AvgIpc) is 3.55. The molecule has 9 rings (SSSR count). The lowest BCUT2D eigenvalue weighted by Gasteiger charge is -2.45. The number of benzene rings is 4. The van der Waals surface area contributed by atoms with Crippen molar-refractivity contribution in [3.05, 3.63) is 125 Å². The Morgan fingerprint density at radius 3 is 1.64 bits per heavy atom. The molecular weight excluding hydrogens is 528 g/mol. The number of carbonyl (C=O) groups excluding carboxylic acids is 4. The third-order valence-corrected chi connectivity index (χ3v) is 9.29. The van der Waals surface area contributed by atoms with Gasteiger partial charge in [-0.25, -0.2) is 4.90 Å². The van der Waals surface area contributed by atoms with Crippen LogP contribution in [0.2, 0.25) is 0 Å². The molecule has 5 aliphatic rings. The quantitative estimate of drug-likeness (QED) is 0.201. The minimum atomic E-state index is -0.582. The second kappa shape index (κ2) is 9.24. The zero-order chi connectivity index (χ0) is 28.5. The van der Waals surface area contributed by atoms with E-state index in [2.05, 4.69) is 24.3 Å². The Labute approximate surface area is 242 Å². The maximum absolute atomic E-state index is 14.0. The standard InChI is InChI=1S/C35H26N2O5/c38-28-18-20(19-36(28)21-8-2-1-3-9-21)35(41)42-23-16-14-22(15-17-23)37-33(39)31-29-24-10-4-5-11-25(24)30(32(31)34(37)40)27-13-7-6-12-26(27)29/h1-17,20,29-32H,18-19H2/t20-,29?,30?,31+,32+/m0/s1. The lowest BCUT2D eigenvalue weighted by Crippen LogP contribution is -2.41. The third-order valence-electron chi connectivity index (χ3n) is 9.29. The van der Waals surface area contributed by atoms with Crippen LogP contribution in [-0.4, -0.2) is 30.2 Å². The van der Waals surface area contributed by atoms with Crippen LogP contribution in [0.3, 0.4) is 0 Å². The van der Waals surface area contributed by atoms with Gasteiger partial charge in [-0.2, -0.15) is 0 Å². The summed E-state index contributed by atoms with van der Waals surface area (Å²) < 4.78 is 5.62. The maximum Gasteiger partial charge on any atom is 0.316 e. The van der Waals surface area contributed by atoms with E-state index in [4.69, 9.17) is 4.74 Å². The summed E-state index contributed by atoms with van der Waals surface area (Å²) in [5.74, 6) is -2.54. The highest BCUT2D eigenvalue weighted by Gasteiger charge is 2.61. The Bertz CT molecular complexity index is 1670. The van der Waals surface area contributed by atoms with Crippen molar-refractivity contribution in [3.8, 4) is 5.75 Å². The Morgan fingerprint density at radius 1 is 0.619 bits per heavy atom. The first-order valence-electron chi connectivity index (χ1n) is 14.2. The highest BCUT2D eigenvalue weighted by molar-refractivity contribution is 6.23. The molecule has 0 aromatic heterocycles. The molecular formula is C35H26N2O5. The van der Waals surface area contributed by atoms with E-state index in [1.165, 1.54) is 4.90 Å². The van der Waals surface area contributed by atoms with Gasteiger partial charge in [0.2, 0.25) is 17.7 Å². The van der Waals surface area contributed by atoms with E-state index in [9.17, 15) is 19.2 Å². The first-order chi connectivity index (χ1) is 20.5. The zero-order valence-electron chi connectivity index (χ0n) is 22.6. The number of amides is 3.